The van der Waals surface area contributed by atoms with E-state index in [1.54, 1.807) is 0 Å². The lowest BCUT2D eigenvalue weighted by molar-refractivity contribution is 0.256. The SMILES string of the molecule is C[SiH2]c1ccc(OCc2ccccc2)c(OCc2ccccc2)c1. The predicted molar refractivity (Wildman–Crippen MR) is 102 cm³/mol. The Morgan fingerprint density at radius 1 is 0.667 bits per heavy atom. The average molecular weight is 334 g/mol. The molecule has 0 saturated carbocycles. The molecule has 2 nitrogen and oxygen atoms in total. The average Bonchev–Trinajstić information content (AvgIpc) is 2.66. The molecule has 0 aromatic heterocycles. The second-order valence-corrected chi connectivity index (χ2v) is 7.21. The lowest BCUT2D eigenvalue weighted by atomic mass is 10.2. The highest BCUT2D eigenvalue weighted by Gasteiger charge is 2.07. The zero-order valence-electron chi connectivity index (χ0n) is 13.9. The molecule has 24 heavy (non-hydrogen) atoms. The Kier molecular flexibility index (Phi) is 5.69. The molecule has 3 rings (SSSR count). The van der Waals surface area contributed by atoms with Gasteiger partial charge in [0.15, 0.2) is 11.5 Å². The van der Waals surface area contributed by atoms with E-state index in [1.807, 2.05) is 42.5 Å². The Labute approximate surface area is 145 Å². The number of hydrogen-bond donors (Lipinski definition) is 0. The third-order valence-corrected chi connectivity index (χ3v) is 5.15. The van der Waals surface area contributed by atoms with E-state index in [0.717, 1.165) is 22.6 Å². The van der Waals surface area contributed by atoms with Crippen molar-refractivity contribution in [2.75, 3.05) is 0 Å². The van der Waals surface area contributed by atoms with Crippen LogP contribution in [0.3, 0.4) is 0 Å². The number of hydrogen-bond acceptors (Lipinski definition) is 2. The zero-order valence-corrected chi connectivity index (χ0v) is 15.4. The molecule has 122 valence electrons. The Morgan fingerprint density at radius 2 is 1.21 bits per heavy atom. The van der Waals surface area contributed by atoms with Crippen molar-refractivity contribution in [1.29, 1.82) is 0 Å². The van der Waals surface area contributed by atoms with Gasteiger partial charge in [0.2, 0.25) is 0 Å². The minimum Gasteiger partial charge on any atom is -0.485 e. The number of rotatable bonds is 7. The van der Waals surface area contributed by atoms with Gasteiger partial charge in [0.05, 0.1) is 9.52 Å². The van der Waals surface area contributed by atoms with Crippen LogP contribution < -0.4 is 14.7 Å². The molecule has 0 N–H and O–H groups in total. The second kappa shape index (κ2) is 8.36. The molecular formula is C21H22O2Si. The highest BCUT2D eigenvalue weighted by Crippen LogP contribution is 2.27. The van der Waals surface area contributed by atoms with Crippen LogP contribution in [0.5, 0.6) is 11.5 Å². The summed E-state index contributed by atoms with van der Waals surface area (Å²) in [5.41, 5.74) is 2.31. The Hall–Kier alpha value is -2.52. The first-order valence-electron chi connectivity index (χ1n) is 8.31. The molecule has 0 radical (unpaired) electrons. The van der Waals surface area contributed by atoms with Gasteiger partial charge >= 0.3 is 0 Å². The van der Waals surface area contributed by atoms with Crippen LogP contribution in [0.4, 0.5) is 0 Å². The van der Waals surface area contributed by atoms with Gasteiger partial charge in [-0.15, -0.1) is 0 Å². The summed E-state index contributed by atoms with van der Waals surface area (Å²) < 4.78 is 12.1. The molecule has 0 fully saturated rings. The fraction of sp³-hybridized carbons (Fsp3) is 0.143. The normalized spacial score (nSPS) is 10.9. The molecule has 0 saturated heterocycles. The molecular weight excluding hydrogens is 312 g/mol. The third kappa shape index (κ3) is 4.49. The highest BCUT2D eigenvalue weighted by atomic mass is 28.2. The third-order valence-electron chi connectivity index (χ3n) is 3.89. The van der Waals surface area contributed by atoms with Gasteiger partial charge < -0.3 is 9.47 Å². The van der Waals surface area contributed by atoms with Crippen LogP contribution in [0.25, 0.3) is 0 Å². The van der Waals surface area contributed by atoms with Crippen molar-refractivity contribution in [3.05, 3.63) is 90.0 Å². The van der Waals surface area contributed by atoms with Crippen molar-refractivity contribution in [2.24, 2.45) is 0 Å². The fourth-order valence-corrected chi connectivity index (χ4v) is 3.22. The van der Waals surface area contributed by atoms with Gasteiger partial charge in [-0.3, -0.25) is 0 Å². The second-order valence-electron chi connectivity index (χ2n) is 5.68. The first kappa shape index (κ1) is 16.3. The van der Waals surface area contributed by atoms with E-state index in [4.69, 9.17) is 9.47 Å². The molecule has 3 heteroatoms. The standard InChI is InChI=1S/C21H22O2Si/c1-24-19-12-13-20(22-15-17-8-4-2-5-9-17)21(14-19)23-16-18-10-6-3-7-11-18/h2-14H,15-16,24H2,1H3. The molecule has 0 atom stereocenters. The van der Waals surface area contributed by atoms with E-state index >= 15 is 0 Å². The summed E-state index contributed by atoms with van der Waals surface area (Å²) in [4.78, 5) is 0. The molecule has 3 aromatic carbocycles. The van der Waals surface area contributed by atoms with Gasteiger partial charge in [-0.25, -0.2) is 0 Å². The van der Waals surface area contributed by atoms with Crippen LogP contribution in [0.2, 0.25) is 6.55 Å². The molecule has 0 amide bonds. The van der Waals surface area contributed by atoms with Crippen LogP contribution in [0, 0.1) is 0 Å². The first-order valence-corrected chi connectivity index (χ1v) is 10.4. The van der Waals surface area contributed by atoms with Crippen molar-refractivity contribution >= 4 is 14.7 Å². The fourth-order valence-electron chi connectivity index (χ4n) is 2.48. The predicted octanol–water partition coefficient (Wildman–Crippen LogP) is 3.69. The topological polar surface area (TPSA) is 18.5 Å². The Balaban J connectivity index is 1.72. The Morgan fingerprint density at radius 3 is 1.75 bits per heavy atom. The molecule has 0 spiro atoms. The van der Waals surface area contributed by atoms with Crippen LogP contribution in [-0.4, -0.2) is 9.52 Å². The summed E-state index contributed by atoms with van der Waals surface area (Å²) >= 11 is 0. The maximum Gasteiger partial charge on any atom is 0.161 e. The van der Waals surface area contributed by atoms with Crippen molar-refractivity contribution < 1.29 is 9.47 Å². The molecule has 0 bridgehead atoms. The van der Waals surface area contributed by atoms with E-state index < -0.39 is 0 Å². The van der Waals surface area contributed by atoms with E-state index in [0.29, 0.717) is 13.2 Å². The summed E-state index contributed by atoms with van der Waals surface area (Å²) in [7, 11) is -0.226. The first-order chi connectivity index (χ1) is 11.8. The van der Waals surface area contributed by atoms with Gasteiger partial charge in [0, 0.05) is 0 Å². The van der Waals surface area contributed by atoms with E-state index in [9.17, 15) is 0 Å². The van der Waals surface area contributed by atoms with Crippen LogP contribution in [-0.2, 0) is 13.2 Å². The molecule has 0 aliphatic heterocycles. The van der Waals surface area contributed by atoms with E-state index in [1.165, 1.54) is 5.19 Å². The largest absolute Gasteiger partial charge is 0.485 e. The lowest BCUT2D eigenvalue weighted by Crippen LogP contribution is -2.11. The minimum atomic E-state index is -0.226. The quantitative estimate of drug-likeness (QED) is 0.614. The maximum absolute atomic E-state index is 6.05. The van der Waals surface area contributed by atoms with Crippen molar-refractivity contribution in [3.63, 3.8) is 0 Å². The zero-order chi connectivity index (χ0) is 16.6. The molecule has 0 aliphatic carbocycles. The van der Waals surface area contributed by atoms with Crippen LogP contribution >= 0.6 is 0 Å². The smallest absolute Gasteiger partial charge is 0.161 e. The number of benzene rings is 3. The van der Waals surface area contributed by atoms with Gasteiger partial charge in [0.1, 0.15) is 13.2 Å². The molecule has 0 aliphatic rings. The van der Waals surface area contributed by atoms with E-state index in [2.05, 4.69) is 42.9 Å². The van der Waals surface area contributed by atoms with Gasteiger partial charge in [-0.1, -0.05) is 78.5 Å². The lowest BCUT2D eigenvalue weighted by Gasteiger charge is -2.14. The molecule has 0 unspecified atom stereocenters. The highest BCUT2D eigenvalue weighted by molar-refractivity contribution is 6.52. The monoisotopic (exact) mass is 334 g/mol. The Bertz CT molecular complexity index is 757. The summed E-state index contributed by atoms with van der Waals surface area (Å²) in [6, 6.07) is 26.7. The van der Waals surface area contributed by atoms with Crippen molar-refractivity contribution in [3.8, 4) is 11.5 Å². The maximum atomic E-state index is 6.05. The summed E-state index contributed by atoms with van der Waals surface area (Å²) in [6.07, 6.45) is 0. The van der Waals surface area contributed by atoms with Crippen molar-refractivity contribution in [2.45, 2.75) is 19.8 Å². The van der Waals surface area contributed by atoms with Gasteiger partial charge in [0.25, 0.3) is 0 Å². The van der Waals surface area contributed by atoms with Gasteiger partial charge in [-0.2, -0.15) is 0 Å². The molecule has 0 heterocycles. The number of ether oxygens (including phenoxy) is 2. The summed E-state index contributed by atoms with van der Waals surface area (Å²) in [6.45, 7) is 3.38. The summed E-state index contributed by atoms with van der Waals surface area (Å²) in [5.74, 6) is 1.64. The van der Waals surface area contributed by atoms with Crippen LogP contribution in [0.1, 0.15) is 11.1 Å². The van der Waals surface area contributed by atoms with Gasteiger partial charge in [-0.05, 0) is 23.3 Å². The summed E-state index contributed by atoms with van der Waals surface area (Å²) in [5, 5.41) is 1.38. The molecule has 3 aromatic rings. The van der Waals surface area contributed by atoms with Crippen LogP contribution in [0.15, 0.2) is 78.9 Å². The van der Waals surface area contributed by atoms with E-state index in [-0.39, 0.29) is 9.52 Å². The minimum absolute atomic E-state index is 0.226. The van der Waals surface area contributed by atoms with Crippen molar-refractivity contribution in [1.82, 2.24) is 0 Å².